The Bertz CT molecular complexity index is 859. The van der Waals surface area contributed by atoms with Crippen molar-refractivity contribution < 1.29 is 9.90 Å². The van der Waals surface area contributed by atoms with E-state index in [0.717, 1.165) is 23.1 Å². The van der Waals surface area contributed by atoms with Gasteiger partial charge in [-0.05, 0) is 13.3 Å². The summed E-state index contributed by atoms with van der Waals surface area (Å²) in [6.07, 6.45) is 1.88. The molecule has 1 amide bonds. The smallest absolute Gasteiger partial charge is 0.259 e. The van der Waals surface area contributed by atoms with Crippen molar-refractivity contribution in [1.82, 2.24) is 19.9 Å². The monoisotopic (exact) mass is 329 g/mol. The number of anilines is 1. The van der Waals surface area contributed by atoms with E-state index in [1.54, 1.807) is 4.90 Å². The fraction of sp³-hybridized carbons (Fsp3) is 0.375. The van der Waals surface area contributed by atoms with Crippen molar-refractivity contribution in [3.8, 4) is 5.75 Å². The Balaban J connectivity index is 1.92. The number of pyridine rings is 1. The molecule has 0 bridgehead atoms. The molecule has 2 aromatic heterocycles. The molecular weight excluding hydrogens is 310 g/mol. The Labute approximate surface area is 138 Å². The number of amides is 1. The van der Waals surface area contributed by atoms with E-state index in [4.69, 9.17) is 0 Å². The number of carbonyl (C=O) groups is 1. The Morgan fingerprint density at radius 3 is 2.79 bits per heavy atom. The van der Waals surface area contributed by atoms with Gasteiger partial charge in [0.05, 0.1) is 17.8 Å². The second-order valence-corrected chi connectivity index (χ2v) is 5.99. The van der Waals surface area contributed by atoms with E-state index in [1.807, 2.05) is 25.9 Å². The van der Waals surface area contributed by atoms with Crippen LogP contribution in [0.1, 0.15) is 27.4 Å². The highest BCUT2D eigenvalue weighted by atomic mass is 16.3. The molecule has 0 spiro atoms. The Morgan fingerprint density at radius 1 is 1.38 bits per heavy atom. The van der Waals surface area contributed by atoms with Crippen molar-refractivity contribution in [2.75, 3.05) is 25.5 Å². The van der Waals surface area contributed by atoms with Gasteiger partial charge in [-0.1, -0.05) is 0 Å². The normalized spacial score (nSPS) is 13.5. The van der Waals surface area contributed by atoms with Crippen LogP contribution in [0.15, 0.2) is 17.1 Å². The average Bonchev–Trinajstić information content (AvgIpc) is 2.52. The highest BCUT2D eigenvalue weighted by Gasteiger charge is 2.27. The molecule has 24 heavy (non-hydrogen) atoms. The van der Waals surface area contributed by atoms with Crippen LogP contribution in [0.3, 0.4) is 0 Å². The minimum Gasteiger partial charge on any atom is -0.507 e. The summed E-state index contributed by atoms with van der Waals surface area (Å²) >= 11 is 0. The van der Waals surface area contributed by atoms with Gasteiger partial charge in [-0.2, -0.15) is 0 Å². The molecule has 0 aliphatic carbocycles. The highest BCUT2D eigenvalue weighted by molar-refractivity contribution is 5.96. The zero-order chi connectivity index (χ0) is 17.4. The summed E-state index contributed by atoms with van der Waals surface area (Å²) in [5.41, 5.74) is 1.48. The average molecular weight is 329 g/mol. The van der Waals surface area contributed by atoms with Gasteiger partial charge in [0.15, 0.2) is 0 Å². The van der Waals surface area contributed by atoms with Crippen molar-refractivity contribution in [3.63, 3.8) is 0 Å². The zero-order valence-electron chi connectivity index (χ0n) is 13.8. The van der Waals surface area contributed by atoms with E-state index in [1.165, 1.54) is 6.20 Å². The maximum absolute atomic E-state index is 12.6. The van der Waals surface area contributed by atoms with Gasteiger partial charge in [-0.25, -0.2) is 9.97 Å². The lowest BCUT2D eigenvalue weighted by Crippen LogP contribution is -2.37. The minimum atomic E-state index is -0.452. The molecule has 0 aromatic carbocycles. The third-order valence-electron chi connectivity index (χ3n) is 4.00. The van der Waals surface area contributed by atoms with Crippen LogP contribution in [0.5, 0.6) is 5.75 Å². The van der Waals surface area contributed by atoms with Crippen LogP contribution < -0.4 is 10.5 Å². The van der Waals surface area contributed by atoms with Gasteiger partial charge in [0.25, 0.3) is 11.5 Å². The number of rotatable bonds is 2. The van der Waals surface area contributed by atoms with Gasteiger partial charge in [0.2, 0.25) is 0 Å². The van der Waals surface area contributed by atoms with E-state index in [-0.39, 0.29) is 17.2 Å². The molecule has 0 fully saturated rings. The molecule has 0 saturated heterocycles. The van der Waals surface area contributed by atoms with Crippen LogP contribution in [0, 0.1) is 6.92 Å². The number of aromatic hydroxyl groups is 1. The third kappa shape index (κ3) is 2.82. The van der Waals surface area contributed by atoms with Gasteiger partial charge in [-0.15, -0.1) is 0 Å². The summed E-state index contributed by atoms with van der Waals surface area (Å²) in [5, 5.41) is 9.85. The van der Waals surface area contributed by atoms with Crippen molar-refractivity contribution in [1.29, 1.82) is 0 Å². The van der Waals surface area contributed by atoms with Gasteiger partial charge < -0.3 is 19.9 Å². The first-order valence-electron chi connectivity index (χ1n) is 7.61. The molecule has 2 aromatic rings. The van der Waals surface area contributed by atoms with Gasteiger partial charge in [0.1, 0.15) is 17.4 Å². The van der Waals surface area contributed by atoms with E-state index in [2.05, 4.69) is 15.0 Å². The molecule has 0 unspecified atom stereocenters. The predicted octanol–water partition coefficient (Wildman–Crippen LogP) is 0.443. The van der Waals surface area contributed by atoms with E-state index in [0.29, 0.717) is 25.3 Å². The molecule has 0 saturated carbocycles. The molecule has 0 atom stereocenters. The van der Waals surface area contributed by atoms with Crippen LogP contribution >= 0.6 is 0 Å². The lowest BCUT2D eigenvalue weighted by molar-refractivity contribution is 0.0728. The highest BCUT2D eigenvalue weighted by Crippen LogP contribution is 2.27. The standard InChI is InChI=1S/C16H19N5O3/c1-9-18-12-8-21(5-4-10(12)15(19-9)20(2)3)16(24)11-7-17-14(23)6-13(11)22/h6-7H,4-5,8H2,1-3H3,(H2,17,22,23). The fourth-order valence-electron chi connectivity index (χ4n) is 2.88. The van der Waals surface area contributed by atoms with Crippen LogP contribution in [-0.2, 0) is 13.0 Å². The van der Waals surface area contributed by atoms with Crippen molar-refractivity contribution >= 4 is 11.7 Å². The molecule has 2 N–H and O–H groups in total. The van der Waals surface area contributed by atoms with E-state index in [9.17, 15) is 14.7 Å². The number of hydrogen-bond acceptors (Lipinski definition) is 6. The molecular formula is C16H19N5O3. The van der Waals surface area contributed by atoms with Gasteiger partial charge in [0, 0.05) is 38.5 Å². The summed E-state index contributed by atoms with van der Waals surface area (Å²) < 4.78 is 0. The predicted molar refractivity (Wildman–Crippen MR) is 88.3 cm³/mol. The minimum absolute atomic E-state index is 0.0802. The number of carbonyl (C=O) groups excluding carboxylic acids is 1. The lowest BCUT2D eigenvalue weighted by Gasteiger charge is -2.30. The molecule has 0 radical (unpaired) electrons. The number of hydrogen-bond donors (Lipinski definition) is 2. The van der Waals surface area contributed by atoms with Crippen molar-refractivity contribution in [2.45, 2.75) is 19.9 Å². The molecule has 3 heterocycles. The summed E-state index contributed by atoms with van der Waals surface area (Å²) in [6.45, 7) is 2.66. The summed E-state index contributed by atoms with van der Waals surface area (Å²) in [6, 6.07) is 1.00. The number of aromatic nitrogens is 3. The second kappa shape index (κ2) is 5.95. The summed E-state index contributed by atoms with van der Waals surface area (Å²) in [4.78, 5) is 38.7. The summed E-state index contributed by atoms with van der Waals surface area (Å²) in [7, 11) is 3.86. The van der Waals surface area contributed by atoms with Crippen LogP contribution in [0.4, 0.5) is 5.82 Å². The number of nitrogens with zero attached hydrogens (tertiary/aromatic N) is 4. The topological polar surface area (TPSA) is 102 Å². The first-order chi connectivity index (χ1) is 11.4. The molecule has 8 nitrogen and oxygen atoms in total. The molecule has 126 valence electrons. The van der Waals surface area contributed by atoms with Gasteiger partial charge in [-0.3, -0.25) is 9.59 Å². The number of aryl methyl sites for hydroxylation is 1. The maximum Gasteiger partial charge on any atom is 0.259 e. The first-order valence-corrected chi connectivity index (χ1v) is 7.61. The lowest BCUT2D eigenvalue weighted by atomic mass is 10.0. The van der Waals surface area contributed by atoms with Crippen molar-refractivity contribution in [3.05, 3.63) is 45.3 Å². The number of aromatic amines is 1. The maximum atomic E-state index is 12.6. The largest absolute Gasteiger partial charge is 0.507 e. The summed E-state index contributed by atoms with van der Waals surface area (Å²) in [5.74, 6) is 0.870. The number of H-pyrrole nitrogens is 1. The quantitative estimate of drug-likeness (QED) is 0.829. The molecule has 1 aliphatic rings. The van der Waals surface area contributed by atoms with E-state index < -0.39 is 5.56 Å². The van der Waals surface area contributed by atoms with E-state index >= 15 is 0 Å². The number of nitrogens with one attached hydrogen (secondary N) is 1. The Morgan fingerprint density at radius 2 is 2.12 bits per heavy atom. The molecule has 8 heteroatoms. The molecule has 3 rings (SSSR count). The second-order valence-electron chi connectivity index (χ2n) is 5.99. The van der Waals surface area contributed by atoms with Crippen molar-refractivity contribution in [2.24, 2.45) is 0 Å². The Hall–Kier alpha value is -2.90. The zero-order valence-corrected chi connectivity index (χ0v) is 13.8. The first kappa shape index (κ1) is 16.0. The number of fused-ring (bicyclic) bond motifs is 1. The Kier molecular flexibility index (Phi) is 3.96. The van der Waals surface area contributed by atoms with Gasteiger partial charge >= 0.3 is 0 Å². The third-order valence-corrected chi connectivity index (χ3v) is 4.00. The fourth-order valence-corrected chi connectivity index (χ4v) is 2.88. The molecule has 1 aliphatic heterocycles. The SMILES string of the molecule is Cc1nc2c(c(N(C)C)n1)CCN(C(=O)c1c[nH]c(=O)cc1O)C2. The van der Waals surface area contributed by atoms with Crippen LogP contribution in [0.25, 0.3) is 0 Å². The van der Waals surface area contributed by atoms with Crippen LogP contribution in [-0.4, -0.2) is 51.5 Å². The van der Waals surface area contributed by atoms with Crippen LogP contribution in [0.2, 0.25) is 0 Å².